The predicted molar refractivity (Wildman–Crippen MR) is 76.0 cm³/mol. The first kappa shape index (κ1) is 15.8. The summed E-state index contributed by atoms with van der Waals surface area (Å²) in [6.07, 6.45) is 2.28. The van der Waals surface area contributed by atoms with Crippen molar-refractivity contribution < 1.29 is 4.43 Å². The Labute approximate surface area is 103 Å². The van der Waals surface area contributed by atoms with Gasteiger partial charge in [0.1, 0.15) is 0 Å². The molecule has 16 heavy (non-hydrogen) atoms. The monoisotopic (exact) mass is 243 g/mol. The maximum absolute atomic E-state index is 6.05. The lowest BCUT2D eigenvalue weighted by Crippen LogP contribution is -2.36. The molecule has 3 heteroatoms. The van der Waals surface area contributed by atoms with Crippen LogP contribution in [0.2, 0.25) is 18.1 Å². The van der Waals surface area contributed by atoms with Gasteiger partial charge < -0.3 is 4.43 Å². The number of nitrogens with zero attached hydrogens (tertiary/aromatic N) is 1. The minimum absolute atomic E-state index is 0.880. The van der Waals surface area contributed by atoms with Crippen LogP contribution in [0.15, 0.2) is 4.99 Å². The zero-order valence-electron chi connectivity index (χ0n) is 11.8. The van der Waals surface area contributed by atoms with Crippen molar-refractivity contribution in [2.24, 2.45) is 4.99 Å². The fourth-order valence-corrected chi connectivity index (χ4v) is 5.14. The highest BCUT2D eigenvalue weighted by molar-refractivity contribution is 6.73. The molecule has 0 rings (SSSR count). The van der Waals surface area contributed by atoms with Gasteiger partial charge in [-0.3, -0.25) is 4.99 Å². The van der Waals surface area contributed by atoms with Gasteiger partial charge in [-0.05, 0) is 44.8 Å². The first-order chi connectivity index (χ1) is 7.64. The largest absolute Gasteiger partial charge is 0.417 e. The zero-order chi connectivity index (χ0) is 12.4. The van der Waals surface area contributed by atoms with Gasteiger partial charge in [-0.25, -0.2) is 0 Å². The van der Waals surface area contributed by atoms with Crippen LogP contribution in [0.3, 0.4) is 0 Å². The van der Waals surface area contributed by atoms with Gasteiger partial charge in [0.2, 0.25) is 0 Å². The molecule has 0 spiro atoms. The normalized spacial score (nSPS) is 13.2. The molecule has 96 valence electrons. The molecule has 0 aromatic heterocycles. The molecule has 0 saturated carbocycles. The number of rotatable bonds is 9. The summed E-state index contributed by atoms with van der Waals surface area (Å²) in [5, 5.41) is 0. The van der Waals surface area contributed by atoms with E-state index in [1.807, 2.05) is 0 Å². The van der Waals surface area contributed by atoms with Gasteiger partial charge in [-0.2, -0.15) is 0 Å². The third-order valence-electron chi connectivity index (χ3n) is 3.42. The van der Waals surface area contributed by atoms with Crippen LogP contribution in [0.25, 0.3) is 0 Å². The standard InChI is InChI=1S/C13H29NOSi/c1-6-13(5)14-11-10-12-16(8-3,9-4)15-7-2/h6-12H2,1-5H3. The Hall–Kier alpha value is -0.153. The van der Waals surface area contributed by atoms with Crippen molar-refractivity contribution in [2.75, 3.05) is 13.2 Å². The third kappa shape index (κ3) is 5.80. The Morgan fingerprint density at radius 3 is 2.19 bits per heavy atom. The van der Waals surface area contributed by atoms with Gasteiger partial charge >= 0.3 is 0 Å². The highest BCUT2D eigenvalue weighted by Crippen LogP contribution is 2.23. The Morgan fingerprint density at radius 1 is 1.12 bits per heavy atom. The van der Waals surface area contributed by atoms with Crippen LogP contribution in [0.5, 0.6) is 0 Å². The van der Waals surface area contributed by atoms with Crippen molar-refractivity contribution in [3.8, 4) is 0 Å². The molecule has 0 fully saturated rings. The third-order valence-corrected chi connectivity index (χ3v) is 8.17. The van der Waals surface area contributed by atoms with Gasteiger partial charge in [-0.1, -0.05) is 20.8 Å². The summed E-state index contributed by atoms with van der Waals surface area (Å²) < 4.78 is 6.05. The number of aliphatic imine (C=N–C) groups is 1. The first-order valence-corrected chi connectivity index (χ1v) is 9.30. The lowest BCUT2D eigenvalue weighted by Gasteiger charge is -2.28. The summed E-state index contributed by atoms with van der Waals surface area (Å²) in [5.41, 5.74) is 1.27. The summed E-state index contributed by atoms with van der Waals surface area (Å²) in [7, 11) is -1.39. The summed E-state index contributed by atoms with van der Waals surface area (Å²) >= 11 is 0. The predicted octanol–water partition coefficient (Wildman–Crippen LogP) is 4.27. The highest BCUT2D eigenvalue weighted by atomic mass is 28.4. The summed E-state index contributed by atoms with van der Waals surface area (Å²) in [6.45, 7) is 12.8. The molecule has 0 unspecified atom stereocenters. The molecule has 0 heterocycles. The van der Waals surface area contributed by atoms with E-state index in [-0.39, 0.29) is 0 Å². The molecular weight excluding hydrogens is 214 g/mol. The topological polar surface area (TPSA) is 21.6 Å². The van der Waals surface area contributed by atoms with E-state index >= 15 is 0 Å². The van der Waals surface area contributed by atoms with Crippen LogP contribution >= 0.6 is 0 Å². The smallest absolute Gasteiger partial charge is 0.192 e. The van der Waals surface area contributed by atoms with Crippen molar-refractivity contribution >= 4 is 14.0 Å². The van der Waals surface area contributed by atoms with Gasteiger partial charge in [0.05, 0.1) is 0 Å². The Balaban J connectivity index is 4.02. The Kier molecular flexibility index (Phi) is 8.85. The molecule has 0 atom stereocenters. The summed E-state index contributed by atoms with van der Waals surface area (Å²) in [6, 6.07) is 3.76. The summed E-state index contributed by atoms with van der Waals surface area (Å²) in [5.74, 6) is 0. The van der Waals surface area contributed by atoms with Gasteiger partial charge in [0.25, 0.3) is 0 Å². The number of hydrogen-bond acceptors (Lipinski definition) is 2. The number of hydrogen-bond donors (Lipinski definition) is 0. The van der Waals surface area contributed by atoms with Crippen LogP contribution < -0.4 is 0 Å². The second-order valence-electron chi connectivity index (χ2n) is 4.40. The van der Waals surface area contributed by atoms with Crippen molar-refractivity contribution in [3.63, 3.8) is 0 Å². The van der Waals surface area contributed by atoms with Gasteiger partial charge in [0, 0.05) is 18.9 Å². The lowest BCUT2D eigenvalue weighted by atomic mass is 10.3. The minimum Gasteiger partial charge on any atom is -0.417 e. The van der Waals surface area contributed by atoms with Crippen LogP contribution in [0.1, 0.15) is 47.5 Å². The van der Waals surface area contributed by atoms with E-state index in [0.717, 1.165) is 19.6 Å². The fraction of sp³-hybridized carbons (Fsp3) is 0.923. The SMILES string of the molecule is CCO[Si](CC)(CC)CCCN=C(C)CC. The molecule has 0 aliphatic rings. The molecule has 2 nitrogen and oxygen atoms in total. The van der Waals surface area contributed by atoms with E-state index in [1.54, 1.807) is 0 Å². The van der Waals surface area contributed by atoms with Crippen LogP contribution in [0.4, 0.5) is 0 Å². The molecule has 0 aliphatic carbocycles. The van der Waals surface area contributed by atoms with Crippen molar-refractivity contribution in [1.29, 1.82) is 0 Å². The maximum Gasteiger partial charge on any atom is 0.192 e. The van der Waals surface area contributed by atoms with Crippen LogP contribution in [0, 0.1) is 0 Å². The first-order valence-electron chi connectivity index (χ1n) is 6.78. The quantitative estimate of drug-likeness (QED) is 0.337. The van der Waals surface area contributed by atoms with Crippen molar-refractivity contribution in [2.45, 2.75) is 65.6 Å². The second kappa shape index (κ2) is 8.94. The molecule has 0 amide bonds. The highest BCUT2D eigenvalue weighted by Gasteiger charge is 2.29. The van der Waals surface area contributed by atoms with E-state index in [4.69, 9.17) is 4.43 Å². The average Bonchev–Trinajstić information content (AvgIpc) is 2.32. The molecule has 0 saturated heterocycles. The van der Waals surface area contributed by atoms with Gasteiger partial charge in [-0.15, -0.1) is 0 Å². The van der Waals surface area contributed by atoms with Gasteiger partial charge in [0.15, 0.2) is 8.32 Å². The van der Waals surface area contributed by atoms with Crippen LogP contribution in [-0.2, 0) is 4.43 Å². The molecule has 0 bridgehead atoms. The molecule has 0 N–H and O–H groups in total. The molecule has 0 aromatic carbocycles. The zero-order valence-corrected chi connectivity index (χ0v) is 12.8. The Bertz CT molecular complexity index is 200. The second-order valence-corrected chi connectivity index (χ2v) is 8.97. The average molecular weight is 243 g/mol. The van der Waals surface area contributed by atoms with E-state index in [2.05, 4.69) is 39.6 Å². The molecule has 0 aromatic rings. The van der Waals surface area contributed by atoms with Crippen LogP contribution in [-0.4, -0.2) is 27.2 Å². The van der Waals surface area contributed by atoms with E-state index in [9.17, 15) is 0 Å². The lowest BCUT2D eigenvalue weighted by molar-refractivity contribution is 0.319. The van der Waals surface area contributed by atoms with Crippen molar-refractivity contribution in [3.05, 3.63) is 0 Å². The van der Waals surface area contributed by atoms with E-state index in [1.165, 1.54) is 30.3 Å². The summed E-state index contributed by atoms with van der Waals surface area (Å²) in [4.78, 5) is 4.56. The fourth-order valence-electron chi connectivity index (χ4n) is 1.97. The van der Waals surface area contributed by atoms with E-state index in [0.29, 0.717) is 0 Å². The molecular formula is C13H29NOSi. The minimum atomic E-state index is -1.39. The Morgan fingerprint density at radius 2 is 1.75 bits per heavy atom. The van der Waals surface area contributed by atoms with E-state index < -0.39 is 8.32 Å². The molecule has 0 radical (unpaired) electrons. The molecule has 0 aliphatic heterocycles. The maximum atomic E-state index is 6.05. The van der Waals surface area contributed by atoms with Crippen molar-refractivity contribution in [1.82, 2.24) is 0 Å².